The summed E-state index contributed by atoms with van der Waals surface area (Å²) in [6.45, 7) is 1.13. The van der Waals surface area contributed by atoms with Crippen molar-refractivity contribution in [3.05, 3.63) is 53.0 Å². The van der Waals surface area contributed by atoms with E-state index in [-0.39, 0.29) is 12.0 Å². The van der Waals surface area contributed by atoms with Crippen LogP contribution in [0.2, 0.25) is 0 Å². The highest BCUT2D eigenvalue weighted by atomic mass is 16.5. The average molecular weight is 301 g/mol. The molecule has 0 aliphatic carbocycles. The van der Waals surface area contributed by atoms with Gasteiger partial charge in [-0.1, -0.05) is 0 Å². The number of aromatic nitrogens is 2. The smallest absolute Gasteiger partial charge is 0.335 e. The van der Waals surface area contributed by atoms with Gasteiger partial charge in [0.15, 0.2) is 0 Å². The SMILES string of the molecule is O=C(c1ccc(=O)oc1)N1CCCC(Oc2ccncn2)C1. The number of piperidine rings is 1. The van der Waals surface area contributed by atoms with Gasteiger partial charge in [0.25, 0.3) is 5.91 Å². The van der Waals surface area contributed by atoms with Gasteiger partial charge in [0.05, 0.1) is 12.1 Å². The van der Waals surface area contributed by atoms with Gasteiger partial charge in [0.1, 0.15) is 18.7 Å². The molecule has 0 bridgehead atoms. The van der Waals surface area contributed by atoms with Crippen LogP contribution in [0.15, 0.2) is 46.2 Å². The van der Waals surface area contributed by atoms with Crippen molar-refractivity contribution in [3.8, 4) is 5.88 Å². The Labute approximate surface area is 126 Å². The predicted molar refractivity (Wildman–Crippen MR) is 76.6 cm³/mol. The third kappa shape index (κ3) is 3.30. The lowest BCUT2D eigenvalue weighted by molar-refractivity contribution is 0.0525. The minimum absolute atomic E-state index is 0.108. The van der Waals surface area contributed by atoms with Gasteiger partial charge in [0, 0.05) is 24.9 Å². The van der Waals surface area contributed by atoms with Gasteiger partial charge in [-0.3, -0.25) is 4.79 Å². The Morgan fingerprint density at radius 1 is 1.36 bits per heavy atom. The number of amides is 1. The van der Waals surface area contributed by atoms with Crippen molar-refractivity contribution in [2.24, 2.45) is 0 Å². The second kappa shape index (κ2) is 6.38. The molecule has 1 unspecified atom stereocenters. The molecule has 0 N–H and O–H groups in total. The zero-order valence-corrected chi connectivity index (χ0v) is 11.8. The van der Waals surface area contributed by atoms with Gasteiger partial charge < -0.3 is 14.1 Å². The van der Waals surface area contributed by atoms with E-state index in [2.05, 4.69) is 9.97 Å². The third-order valence-electron chi connectivity index (χ3n) is 3.46. The average Bonchev–Trinajstić information content (AvgIpc) is 2.56. The minimum Gasteiger partial charge on any atom is -0.472 e. The van der Waals surface area contributed by atoms with Gasteiger partial charge in [0.2, 0.25) is 5.88 Å². The number of ether oxygens (including phenoxy) is 1. The fourth-order valence-electron chi connectivity index (χ4n) is 2.40. The Morgan fingerprint density at radius 3 is 3.00 bits per heavy atom. The van der Waals surface area contributed by atoms with E-state index in [1.807, 2.05) is 0 Å². The van der Waals surface area contributed by atoms with Crippen LogP contribution in [0.1, 0.15) is 23.2 Å². The Morgan fingerprint density at radius 2 is 2.27 bits per heavy atom. The molecule has 114 valence electrons. The molecule has 3 rings (SSSR count). The summed E-state index contributed by atoms with van der Waals surface area (Å²) in [5.74, 6) is 0.333. The fourth-order valence-corrected chi connectivity index (χ4v) is 2.40. The Bertz CT molecular complexity index is 681. The first-order chi connectivity index (χ1) is 10.7. The summed E-state index contributed by atoms with van der Waals surface area (Å²) in [5, 5.41) is 0. The molecule has 0 radical (unpaired) electrons. The molecule has 1 saturated heterocycles. The van der Waals surface area contributed by atoms with Crippen molar-refractivity contribution in [2.75, 3.05) is 13.1 Å². The van der Waals surface area contributed by atoms with Crippen molar-refractivity contribution in [3.63, 3.8) is 0 Å². The molecule has 1 atom stereocenters. The maximum absolute atomic E-state index is 12.4. The van der Waals surface area contributed by atoms with Gasteiger partial charge in [-0.25, -0.2) is 14.8 Å². The van der Waals surface area contributed by atoms with Crippen LogP contribution in [0.4, 0.5) is 0 Å². The number of nitrogens with zero attached hydrogens (tertiary/aromatic N) is 3. The second-order valence-corrected chi connectivity index (χ2v) is 5.02. The number of carbonyl (C=O) groups excluding carboxylic acids is 1. The highest BCUT2D eigenvalue weighted by Gasteiger charge is 2.26. The van der Waals surface area contributed by atoms with E-state index in [0.29, 0.717) is 24.5 Å². The van der Waals surface area contributed by atoms with E-state index in [1.165, 1.54) is 24.7 Å². The Balaban J connectivity index is 1.66. The molecule has 2 aromatic heterocycles. The van der Waals surface area contributed by atoms with E-state index in [4.69, 9.17) is 9.15 Å². The lowest BCUT2D eigenvalue weighted by Gasteiger charge is -2.32. The minimum atomic E-state index is -0.472. The number of carbonyl (C=O) groups is 1. The summed E-state index contributed by atoms with van der Waals surface area (Å²) in [4.78, 5) is 32.9. The number of rotatable bonds is 3. The molecule has 3 heterocycles. The lowest BCUT2D eigenvalue weighted by atomic mass is 10.1. The first-order valence-corrected chi connectivity index (χ1v) is 7.03. The van der Waals surface area contributed by atoms with E-state index >= 15 is 0 Å². The van der Waals surface area contributed by atoms with E-state index in [9.17, 15) is 9.59 Å². The zero-order valence-electron chi connectivity index (χ0n) is 11.8. The molecule has 7 nitrogen and oxygen atoms in total. The monoisotopic (exact) mass is 301 g/mol. The number of hydrogen-bond acceptors (Lipinski definition) is 6. The highest BCUT2D eigenvalue weighted by Crippen LogP contribution is 2.17. The van der Waals surface area contributed by atoms with Gasteiger partial charge in [-0.2, -0.15) is 0 Å². The fraction of sp³-hybridized carbons (Fsp3) is 0.333. The van der Waals surface area contributed by atoms with Crippen molar-refractivity contribution in [1.82, 2.24) is 14.9 Å². The van der Waals surface area contributed by atoms with Crippen LogP contribution < -0.4 is 10.4 Å². The van der Waals surface area contributed by atoms with Crippen molar-refractivity contribution >= 4 is 5.91 Å². The predicted octanol–water partition coefficient (Wildman–Crippen LogP) is 1.11. The zero-order chi connectivity index (χ0) is 15.4. The van der Waals surface area contributed by atoms with E-state index in [0.717, 1.165) is 12.8 Å². The molecule has 7 heteroatoms. The molecule has 0 spiro atoms. The normalized spacial score (nSPS) is 18.0. The quantitative estimate of drug-likeness (QED) is 0.844. The standard InChI is InChI=1S/C15H15N3O4/c19-14-4-3-11(9-21-14)15(20)18-7-1-2-12(8-18)22-13-5-6-16-10-17-13/h3-6,9-10,12H,1-2,7-8H2. The summed E-state index contributed by atoms with van der Waals surface area (Å²) in [6.07, 6.45) is 5.83. The van der Waals surface area contributed by atoms with E-state index < -0.39 is 5.63 Å². The lowest BCUT2D eigenvalue weighted by Crippen LogP contribution is -2.44. The van der Waals surface area contributed by atoms with Gasteiger partial charge >= 0.3 is 5.63 Å². The van der Waals surface area contributed by atoms with Crippen molar-refractivity contribution in [2.45, 2.75) is 18.9 Å². The molecular formula is C15H15N3O4. The largest absolute Gasteiger partial charge is 0.472 e. The van der Waals surface area contributed by atoms with E-state index in [1.54, 1.807) is 17.2 Å². The summed E-state index contributed by atoms with van der Waals surface area (Å²) >= 11 is 0. The summed E-state index contributed by atoms with van der Waals surface area (Å²) < 4.78 is 10.5. The van der Waals surface area contributed by atoms with Crippen LogP contribution in [0.5, 0.6) is 5.88 Å². The Hall–Kier alpha value is -2.70. The molecular weight excluding hydrogens is 286 g/mol. The molecule has 1 amide bonds. The van der Waals surface area contributed by atoms with Gasteiger partial charge in [-0.15, -0.1) is 0 Å². The van der Waals surface area contributed by atoms with Gasteiger partial charge in [-0.05, 0) is 18.9 Å². The van der Waals surface area contributed by atoms with Crippen LogP contribution in [-0.2, 0) is 0 Å². The third-order valence-corrected chi connectivity index (χ3v) is 3.46. The second-order valence-electron chi connectivity index (χ2n) is 5.02. The van der Waals surface area contributed by atoms with Crippen LogP contribution in [0.3, 0.4) is 0 Å². The number of likely N-dealkylation sites (tertiary alicyclic amines) is 1. The topological polar surface area (TPSA) is 85.5 Å². The van der Waals surface area contributed by atoms with Crippen LogP contribution >= 0.6 is 0 Å². The van der Waals surface area contributed by atoms with Crippen LogP contribution in [-0.4, -0.2) is 40.0 Å². The van der Waals surface area contributed by atoms with Crippen molar-refractivity contribution in [1.29, 1.82) is 0 Å². The first-order valence-electron chi connectivity index (χ1n) is 7.03. The molecule has 1 aliphatic rings. The van der Waals surface area contributed by atoms with Crippen LogP contribution in [0, 0.1) is 0 Å². The maximum atomic E-state index is 12.4. The summed E-state index contributed by atoms with van der Waals surface area (Å²) in [7, 11) is 0. The maximum Gasteiger partial charge on any atom is 0.335 e. The molecule has 1 fully saturated rings. The molecule has 0 saturated carbocycles. The summed E-state index contributed by atoms with van der Waals surface area (Å²) in [5.41, 5.74) is -0.109. The summed E-state index contributed by atoms with van der Waals surface area (Å²) in [6, 6.07) is 4.40. The molecule has 2 aromatic rings. The molecule has 1 aliphatic heterocycles. The molecule has 22 heavy (non-hydrogen) atoms. The number of hydrogen-bond donors (Lipinski definition) is 0. The highest BCUT2D eigenvalue weighted by molar-refractivity contribution is 5.93. The first kappa shape index (κ1) is 14.2. The van der Waals surface area contributed by atoms with Crippen LogP contribution in [0.25, 0.3) is 0 Å². The van der Waals surface area contributed by atoms with Crippen molar-refractivity contribution < 1.29 is 13.9 Å². The molecule has 0 aromatic carbocycles. The Kier molecular flexibility index (Phi) is 4.13.